The van der Waals surface area contributed by atoms with Crippen molar-refractivity contribution in [2.75, 3.05) is 11.1 Å². The Morgan fingerprint density at radius 2 is 2.00 bits per heavy atom. The number of ether oxygens (including phenoxy) is 1. The molecule has 128 valence electrons. The highest BCUT2D eigenvalue weighted by atomic mass is 32.2. The second-order valence-corrected chi connectivity index (χ2v) is 8.51. The molecule has 1 fully saturated rings. The molecule has 23 heavy (non-hydrogen) atoms. The number of rotatable bonds is 4. The minimum absolute atomic E-state index is 0.420. The Balaban J connectivity index is 1.81. The molecule has 5 heteroatoms. The van der Waals surface area contributed by atoms with Gasteiger partial charge in [-0.25, -0.2) is 4.79 Å². The predicted octanol–water partition coefficient (Wildman–Crippen LogP) is 4.41. The average Bonchev–Trinajstić information content (AvgIpc) is 2.46. The first-order chi connectivity index (χ1) is 10.8. The summed E-state index contributed by atoms with van der Waals surface area (Å²) in [6.07, 6.45) is 2.13. The zero-order valence-electron chi connectivity index (χ0n) is 14.5. The maximum Gasteiger partial charge on any atom is 0.412 e. The molecule has 1 aliphatic rings. The molecule has 0 bridgehead atoms. The van der Waals surface area contributed by atoms with Gasteiger partial charge in [0.05, 0.1) is 0 Å². The Hall–Kier alpha value is -1.20. The first-order valence-corrected chi connectivity index (χ1v) is 9.32. The Morgan fingerprint density at radius 3 is 2.61 bits per heavy atom. The molecule has 1 saturated heterocycles. The lowest BCUT2D eigenvalue weighted by Gasteiger charge is -2.29. The summed E-state index contributed by atoms with van der Waals surface area (Å²) in [7, 11) is 0. The summed E-state index contributed by atoms with van der Waals surface area (Å²) in [4.78, 5) is 11.7. The predicted molar refractivity (Wildman–Crippen MR) is 98.1 cm³/mol. The number of amides is 1. The topological polar surface area (TPSA) is 50.4 Å². The molecule has 0 radical (unpaired) electrons. The summed E-state index contributed by atoms with van der Waals surface area (Å²) in [5, 5.41) is 7.08. The zero-order valence-corrected chi connectivity index (χ0v) is 15.3. The molecule has 1 aromatic carbocycles. The van der Waals surface area contributed by atoms with Crippen LogP contribution in [0.15, 0.2) is 24.3 Å². The summed E-state index contributed by atoms with van der Waals surface area (Å²) < 4.78 is 5.25. The van der Waals surface area contributed by atoms with Gasteiger partial charge in [-0.1, -0.05) is 19.1 Å². The minimum Gasteiger partial charge on any atom is -0.444 e. The van der Waals surface area contributed by atoms with E-state index in [1.165, 1.54) is 24.2 Å². The molecule has 2 unspecified atom stereocenters. The lowest BCUT2D eigenvalue weighted by atomic mass is 10.1. The molecule has 2 atom stereocenters. The molecule has 1 aliphatic heterocycles. The van der Waals surface area contributed by atoms with Gasteiger partial charge in [-0.05, 0) is 57.1 Å². The van der Waals surface area contributed by atoms with Crippen LogP contribution in [0.1, 0.15) is 46.1 Å². The molecule has 0 aliphatic carbocycles. The molecule has 2 N–H and O–H groups in total. The minimum atomic E-state index is -0.483. The van der Waals surface area contributed by atoms with Crippen LogP contribution in [0.4, 0.5) is 10.5 Å². The van der Waals surface area contributed by atoms with Crippen LogP contribution in [-0.4, -0.2) is 28.7 Å². The fourth-order valence-electron chi connectivity index (χ4n) is 2.57. The van der Waals surface area contributed by atoms with Crippen molar-refractivity contribution in [1.82, 2.24) is 5.32 Å². The van der Waals surface area contributed by atoms with Crippen molar-refractivity contribution in [3.8, 4) is 0 Å². The van der Waals surface area contributed by atoms with Crippen molar-refractivity contribution in [2.24, 2.45) is 0 Å². The summed E-state index contributed by atoms with van der Waals surface area (Å²) in [5.74, 6) is 1.28. The monoisotopic (exact) mass is 336 g/mol. The van der Waals surface area contributed by atoms with Crippen LogP contribution in [0.5, 0.6) is 0 Å². The van der Waals surface area contributed by atoms with Gasteiger partial charge in [0.15, 0.2) is 0 Å². The molecule has 0 spiro atoms. The van der Waals surface area contributed by atoms with E-state index >= 15 is 0 Å². The van der Waals surface area contributed by atoms with Crippen molar-refractivity contribution < 1.29 is 9.53 Å². The molecule has 4 nitrogen and oxygen atoms in total. The molecular formula is C18H28N2O2S. The SMILES string of the molecule is CC1SCCCC1NCc1ccc(NC(=O)OC(C)(C)C)cc1. The Bertz CT molecular complexity index is 511. The van der Waals surface area contributed by atoms with Crippen LogP contribution in [0.25, 0.3) is 0 Å². The Labute approximate surface area is 143 Å². The summed E-state index contributed by atoms with van der Waals surface area (Å²) in [6, 6.07) is 8.51. The van der Waals surface area contributed by atoms with Crippen molar-refractivity contribution in [2.45, 2.75) is 64.0 Å². The lowest BCUT2D eigenvalue weighted by Crippen LogP contribution is -2.38. The first kappa shape index (κ1) is 18.1. The van der Waals surface area contributed by atoms with E-state index in [-0.39, 0.29) is 0 Å². The van der Waals surface area contributed by atoms with Crippen LogP contribution in [0.3, 0.4) is 0 Å². The van der Waals surface area contributed by atoms with E-state index in [9.17, 15) is 4.79 Å². The smallest absolute Gasteiger partial charge is 0.412 e. The van der Waals surface area contributed by atoms with Crippen LogP contribution in [-0.2, 0) is 11.3 Å². The van der Waals surface area contributed by atoms with E-state index in [1.807, 2.05) is 45.0 Å². The molecule has 1 heterocycles. The normalized spacial score (nSPS) is 21.7. The number of hydrogen-bond donors (Lipinski definition) is 2. The van der Waals surface area contributed by atoms with Gasteiger partial charge in [0, 0.05) is 23.5 Å². The summed E-state index contributed by atoms with van der Waals surface area (Å²) >= 11 is 2.05. The van der Waals surface area contributed by atoms with Crippen LogP contribution in [0, 0.1) is 0 Å². The highest BCUT2D eigenvalue weighted by Gasteiger charge is 2.21. The Kier molecular flexibility index (Phi) is 6.36. The van der Waals surface area contributed by atoms with Gasteiger partial charge >= 0.3 is 6.09 Å². The quantitative estimate of drug-likeness (QED) is 0.855. The third kappa shape index (κ3) is 6.43. The van der Waals surface area contributed by atoms with Crippen molar-refractivity contribution in [3.63, 3.8) is 0 Å². The van der Waals surface area contributed by atoms with Gasteiger partial charge in [0.2, 0.25) is 0 Å². The fraction of sp³-hybridized carbons (Fsp3) is 0.611. The van der Waals surface area contributed by atoms with E-state index in [4.69, 9.17) is 4.74 Å². The third-order valence-corrected chi connectivity index (χ3v) is 5.15. The number of carbonyl (C=O) groups is 1. The van der Waals surface area contributed by atoms with Crippen LogP contribution in [0.2, 0.25) is 0 Å². The van der Waals surface area contributed by atoms with Crippen LogP contribution < -0.4 is 10.6 Å². The number of thioether (sulfide) groups is 1. The van der Waals surface area contributed by atoms with Gasteiger partial charge in [0.1, 0.15) is 5.60 Å². The summed E-state index contributed by atoms with van der Waals surface area (Å²) in [5.41, 5.74) is 1.50. The van der Waals surface area contributed by atoms with Gasteiger partial charge in [-0.2, -0.15) is 11.8 Å². The van der Waals surface area contributed by atoms with Gasteiger partial charge < -0.3 is 10.1 Å². The molecular weight excluding hydrogens is 308 g/mol. The van der Waals surface area contributed by atoms with E-state index in [1.54, 1.807) is 0 Å². The lowest BCUT2D eigenvalue weighted by molar-refractivity contribution is 0.0636. The van der Waals surface area contributed by atoms with E-state index < -0.39 is 11.7 Å². The number of hydrogen-bond acceptors (Lipinski definition) is 4. The molecule has 1 aromatic rings. The van der Waals surface area contributed by atoms with Crippen molar-refractivity contribution >= 4 is 23.5 Å². The average molecular weight is 337 g/mol. The first-order valence-electron chi connectivity index (χ1n) is 8.27. The summed E-state index contributed by atoms with van der Waals surface area (Å²) in [6.45, 7) is 8.72. The molecule has 0 saturated carbocycles. The van der Waals surface area contributed by atoms with Crippen LogP contribution >= 0.6 is 11.8 Å². The number of nitrogens with one attached hydrogen (secondary N) is 2. The second-order valence-electron chi connectivity index (χ2n) is 7.03. The van der Waals surface area contributed by atoms with E-state index in [2.05, 4.69) is 29.3 Å². The molecule has 2 rings (SSSR count). The maximum atomic E-state index is 11.7. The molecule has 0 aromatic heterocycles. The highest BCUT2D eigenvalue weighted by molar-refractivity contribution is 7.99. The van der Waals surface area contributed by atoms with E-state index in [0.29, 0.717) is 11.3 Å². The standard InChI is InChI=1S/C18H28N2O2S/c1-13-16(6-5-11-23-13)19-12-14-7-9-15(10-8-14)20-17(21)22-18(2,3)4/h7-10,13,16,19H,5-6,11-12H2,1-4H3,(H,20,21). The van der Waals surface area contributed by atoms with E-state index in [0.717, 1.165) is 12.2 Å². The number of anilines is 1. The molecule has 1 amide bonds. The maximum absolute atomic E-state index is 11.7. The highest BCUT2D eigenvalue weighted by Crippen LogP contribution is 2.25. The van der Waals surface area contributed by atoms with Gasteiger partial charge in [-0.3, -0.25) is 5.32 Å². The van der Waals surface area contributed by atoms with Crippen molar-refractivity contribution in [3.05, 3.63) is 29.8 Å². The van der Waals surface area contributed by atoms with Crippen molar-refractivity contribution in [1.29, 1.82) is 0 Å². The van der Waals surface area contributed by atoms with Gasteiger partial charge in [0.25, 0.3) is 0 Å². The Morgan fingerprint density at radius 1 is 1.30 bits per heavy atom. The second kappa shape index (κ2) is 8.06. The fourth-order valence-corrected chi connectivity index (χ4v) is 3.74. The largest absolute Gasteiger partial charge is 0.444 e. The zero-order chi connectivity index (χ0) is 16.9. The number of carbonyl (C=O) groups excluding carboxylic acids is 1. The third-order valence-electron chi connectivity index (χ3n) is 3.77. The number of benzene rings is 1. The van der Waals surface area contributed by atoms with Gasteiger partial charge in [-0.15, -0.1) is 0 Å².